The quantitative estimate of drug-likeness (QED) is 0.418. The van der Waals surface area contributed by atoms with E-state index in [-0.39, 0.29) is 23.4 Å². The Labute approximate surface area is 222 Å². The second-order valence-corrected chi connectivity index (χ2v) is 11.8. The molecular weight excluding hydrogens is 521 g/mol. The van der Waals surface area contributed by atoms with Crippen LogP contribution < -0.4 is 5.32 Å². The van der Waals surface area contributed by atoms with E-state index in [2.05, 4.69) is 5.32 Å². The number of carbonyl (C=O) groups excluding carboxylic acids is 2. The van der Waals surface area contributed by atoms with E-state index < -0.39 is 28.5 Å². The predicted molar refractivity (Wildman–Crippen MR) is 144 cm³/mol. The average Bonchev–Trinajstić information content (AvgIpc) is 2.82. The van der Waals surface area contributed by atoms with E-state index >= 15 is 0 Å². The van der Waals surface area contributed by atoms with Crippen molar-refractivity contribution >= 4 is 55.8 Å². The molecule has 1 atom stereocenters. The second-order valence-electron chi connectivity index (χ2n) is 8.87. The fourth-order valence-corrected chi connectivity index (χ4v) is 5.32. The molecule has 0 bridgehead atoms. The van der Waals surface area contributed by atoms with Crippen molar-refractivity contribution in [2.24, 2.45) is 0 Å². The van der Waals surface area contributed by atoms with E-state index in [1.807, 2.05) is 38.1 Å². The van der Waals surface area contributed by atoms with Crippen LogP contribution in [-0.4, -0.2) is 55.1 Å². The largest absolute Gasteiger partial charge is 0.352 e. The number of hydrogen-bond donors (Lipinski definition) is 1. The van der Waals surface area contributed by atoms with Crippen LogP contribution in [0.25, 0.3) is 10.8 Å². The molecule has 192 valence electrons. The highest BCUT2D eigenvalue weighted by Gasteiger charge is 2.31. The Morgan fingerprint density at radius 2 is 1.61 bits per heavy atom. The summed E-state index contributed by atoms with van der Waals surface area (Å²) in [5.41, 5.74) is 0.582. The topological polar surface area (TPSA) is 86.8 Å². The Morgan fingerprint density at radius 1 is 0.944 bits per heavy atom. The number of carbonyl (C=O) groups is 2. The lowest BCUT2D eigenvalue weighted by molar-refractivity contribution is -0.140. The molecule has 10 heteroatoms. The van der Waals surface area contributed by atoms with Gasteiger partial charge in [0.15, 0.2) is 0 Å². The summed E-state index contributed by atoms with van der Waals surface area (Å²) in [6.07, 6.45) is 0. The van der Waals surface area contributed by atoms with Crippen LogP contribution in [0.1, 0.15) is 26.3 Å². The Bertz CT molecular complexity index is 1380. The summed E-state index contributed by atoms with van der Waals surface area (Å²) in [4.78, 5) is 27.6. The van der Waals surface area contributed by atoms with Crippen LogP contribution in [0.4, 0.5) is 0 Å². The molecule has 0 aliphatic carbocycles. The molecule has 1 N–H and O–H groups in total. The first-order chi connectivity index (χ1) is 16.9. The summed E-state index contributed by atoms with van der Waals surface area (Å²) < 4.78 is 27.5. The van der Waals surface area contributed by atoms with E-state index in [0.29, 0.717) is 15.6 Å². The Balaban J connectivity index is 1.87. The molecule has 0 aliphatic heterocycles. The number of rotatable bonds is 9. The molecule has 3 aromatic carbocycles. The summed E-state index contributed by atoms with van der Waals surface area (Å²) in [6, 6.07) is 16.1. The number of hydrogen-bond acceptors (Lipinski definition) is 4. The third-order valence-electron chi connectivity index (χ3n) is 5.74. The highest BCUT2D eigenvalue weighted by molar-refractivity contribution is 7.89. The molecule has 0 heterocycles. The third-order valence-corrected chi connectivity index (χ3v) is 8.13. The third kappa shape index (κ3) is 6.56. The summed E-state index contributed by atoms with van der Waals surface area (Å²) in [7, 11) is -2.63. The van der Waals surface area contributed by atoms with Crippen LogP contribution in [0.3, 0.4) is 0 Å². The van der Waals surface area contributed by atoms with Gasteiger partial charge in [-0.2, -0.15) is 4.31 Å². The molecule has 0 aromatic heterocycles. The maximum atomic E-state index is 13.4. The molecular formula is C26H29Cl2N3O4S. The van der Waals surface area contributed by atoms with Crippen LogP contribution >= 0.6 is 23.2 Å². The highest BCUT2D eigenvalue weighted by atomic mass is 35.5. The maximum absolute atomic E-state index is 13.4. The molecule has 0 fully saturated rings. The molecule has 2 amide bonds. The lowest BCUT2D eigenvalue weighted by Crippen LogP contribution is -2.51. The number of nitrogens with one attached hydrogen (secondary N) is 1. The SMILES string of the molecule is CC(C)NC(=O)[C@@H](C)N(Cc1ccc(Cl)cc1Cl)C(=O)CN(C)S(=O)(=O)c1ccc2ccccc2c1. The van der Waals surface area contributed by atoms with E-state index in [9.17, 15) is 18.0 Å². The first kappa shape index (κ1) is 27.9. The van der Waals surface area contributed by atoms with Crippen LogP contribution in [0.2, 0.25) is 10.0 Å². The zero-order valence-electron chi connectivity index (χ0n) is 20.5. The van der Waals surface area contributed by atoms with Gasteiger partial charge in [0, 0.05) is 29.7 Å². The van der Waals surface area contributed by atoms with E-state index in [0.717, 1.165) is 15.1 Å². The van der Waals surface area contributed by atoms with Gasteiger partial charge in [0.2, 0.25) is 21.8 Å². The van der Waals surface area contributed by atoms with Crippen LogP contribution in [-0.2, 0) is 26.2 Å². The van der Waals surface area contributed by atoms with Gasteiger partial charge >= 0.3 is 0 Å². The fraction of sp³-hybridized carbons (Fsp3) is 0.308. The number of halogens is 2. The zero-order valence-corrected chi connectivity index (χ0v) is 22.9. The Morgan fingerprint density at radius 3 is 2.25 bits per heavy atom. The van der Waals surface area contributed by atoms with Crippen molar-refractivity contribution in [2.45, 2.75) is 44.3 Å². The van der Waals surface area contributed by atoms with E-state index in [1.165, 1.54) is 18.0 Å². The van der Waals surface area contributed by atoms with Gasteiger partial charge < -0.3 is 10.2 Å². The average molecular weight is 551 g/mol. The van der Waals surface area contributed by atoms with Crippen molar-refractivity contribution in [1.29, 1.82) is 0 Å². The minimum Gasteiger partial charge on any atom is -0.352 e. The number of benzene rings is 3. The molecule has 36 heavy (non-hydrogen) atoms. The lowest BCUT2D eigenvalue weighted by Gasteiger charge is -2.31. The minimum absolute atomic E-state index is 0.00534. The molecule has 3 rings (SSSR count). The number of amides is 2. The Hall–Kier alpha value is -2.65. The molecule has 0 spiro atoms. The van der Waals surface area contributed by atoms with Gasteiger partial charge in [-0.25, -0.2) is 8.42 Å². The molecule has 0 unspecified atom stereocenters. The molecule has 0 saturated carbocycles. The van der Waals surface area contributed by atoms with Gasteiger partial charge in [-0.1, -0.05) is 59.6 Å². The lowest BCUT2D eigenvalue weighted by atomic mass is 10.1. The standard InChI is InChI=1S/C26H29Cl2N3O4S/c1-17(2)29-26(33)18(3)31(15-21-9-11-22(27)14-24(21)28)25(32)16-30(4)36(34,35)23-12-10-19-7-5-6-8-20(19)13-23/h5-14,17-18H,15-16H2,1-4H3,(H,29,33)/t18-/m1/s1. The van der Waals surface area contributed by atoms with E-state index in [1.54, 1.807) is 37.3 Å². The predicted octanol–water partition coefficient (Wildman–Crippen LogP) is 4.71. The van der Waals surface area contributed by atoms with Crippen molar-refractivity contribution in [1.82, 2.24) is 14.5 Å². The maximum Gasteiger partial charge on any atom is 0.243 e. The van der Waals surface area contributed by atoms with Crippen molar-refractivity contribution < 1.29 is 18.0 Å². The molecule has 0 saturated heterocycles. The van der Waals surface area contributed by atoms with Crippen LogP contribution in [0.15, 0.2) is 65.6 Å². The molecule has 0 radical (unpaired) electrons. The fourth-order valence-electron chi connectivity index (χ4n) is 3.70. The van der Waals surface area contributed by atoms with Gasteiger partial charge in [0.1, 0.15) is 6.04 Å². The first-order valence-electron chi connectivity index (χ1n) is 11.4. The van der Waals surface area contributed by atoms with Gasteiger partial charge in [-0.05, 0) is 61.4 Å². The van der Waals surface area contributed by atoms with Crippen molar-refractivity contribution in [2.75, 3.05) is 13.6 Å². The van der Waals surface area contributed by atoms with Crippen LogP contribution in [0.5, 0.6) is 0 Å². The minimum atomic E-state index is -3.97. The zero-order chi connectivity index (χ0) is 26.6. The summed E-state index contributed by atoms with van der Waals surface area (Å²) in [5, 5.41) is 5.26. The first-order valence-corrected chi connectivity index (χ1v) is 13.6. The van der Waals surface area contributed by atoms with Crippen molar-refractivity contribution in [3.05, 3.63) is 76.3 Å². The highest BCUT2D eigenvalue weighted by Crippen LogP contribution is 2.24. The van der Waals surface area contributed by atoms with Crippen LogP contribution in [0, 0.1) is 0 Å². The van der Waals surface area contributed by atoms with Crippen molar-refractivity contribution in [3.63, 3.8) is 0 Å². The summed E-state index contributed by atoms with van der Waals surface area (Å²) in [6.45, 7) is 4.77. The number of fused-ring (bicyclic) bond motifs is 1. The van der Waals surface area contributed by atoms with Gasteiger partial charge in [0.25, 0.3) is 0 Å². The summed E-state index contributed by atoms with van der Waals surface area (Å²) >= 11 is 12.3. The van der Waals surface area contributed by atoms with E-state index in [4.69, 9.17) is 23.2 Å². The number of nitrogens with zero attached hydrogens (tertiary/aromatic N) is 2. The number of likely N-dealkylation sites (N-methyl/N-ethyl adjacent to an activating group) is 1. The molecule has 7 nitrogen and oxygen atoms in total. The smallest absolute Gasteiger partial charge is 0.243 e. The molecule has 3 aromatic rings. The second kappa shape index (κ2) is 11.6. The van der Waals surface area contributed by atoms with Crippen molar-refractivity contribution in [3.8, 4) is 0 Å². The summed E-state index contributed by atoms with van der Waals surface area (Å²) in [5.74, 6) is -0.900. The number of sulfonamides is 1. The normalized spacial score (nSPS) is 12.7. The monoisotopic (exact) mass is 549 g/mol. The van der Waals surface area contributed by atoms with Gasteiger partial charge in [-0.3, -0.25) is 9.59 Å². The van der Waals surface area contributed by atoms with Gasteiger partial charge in [0.05, 0.1) is 11.4 Å². The molecule has 0 aliphatic rings. The van der Waals surface area contributed by atoms with Gasteiger partial charge in [-0.15, -0.1) is 0 Å². The Kier molecular flexibility index (Phi) is 9.00.